The van der Waals surface area contributed by atoms with Gasteiger partial charge in [-0.3, -0.25) is 9.59 Å². The van der Waals surface area contributed by atoms with Gasteiger partial charge in [-0.15, -0.1) is 5.10 Å². The van der Waals surface area contributed by atoms with Crippen LogP contribution in [0.1, 0.15) is 22.8 Å². The second-order valence-corrected chi connectivity index (χ2v) is 7.23. The summed E-state index contributed by atoms with van der Waals surface area (Å²) < 4.78 is 45.1. The Morgan fingerprint density at radius 2 is 1.78 bits per heavy atom. The Morgan fingerprint density at radius 3 is 2.38 bits per heavy atom. The first kappa shape index (κ1) is 23.0. The Morgan fingerprint density at radius 1 is 1.12 bits per heavy atom. The predicted octanol–water partition coefficient (Wildman–Crippen LogP) is 2.41. The van der Waals surface area contributed by atoms with Crippen LogP contribution in [0, 0.1) is 13.8 Å². The monoisotopic (exact) mass is 450 g/mol. The molecule has 0 spiro atoms. The number of rotatable bonds is 6. The van der Waals surface area contributed by atoms with Gasteiger partial charge in [-0.2, -0.15) is 18.2 Å². The van der Waals surface area contributed by atoms with Crippen molar-refractivity contribution < 1.29 is 27.5 Å². The van der Waals surface area contributed by atoms with E-state index in [1.807, 2.05) is 0 Å². The Balaban J connectivity index is 1.70. The molecule has 2 aromatic heterocycles. The molecular formula is C20H21F3N6O3. The maximum absolute atomic E-state index is 12.9. The van der Waals surface area contributed by atoms with E-state index in [0.717, 1.165) is 4.52 Å². The first-order chi connectivity index (χ1) is 15.0. The first-order valence-corrected chi connectivity index (χ1v) is 9.48. The number of likely N-dealkylation sites (N-methyl/N-ethyl adjacent to an activating group) is 1. The minimum Gasteiger partial charge on any atom is -0.484 e. The van der Waals surface area contributed by atoms with Gasteiger partial charge in [0.2, 0.25) is 5.91 Å². The number of hydrogen-bond acceptors (Lipinski definition) is 6. The molecule has 0 bridgehead atoms. The van der Waals surface area contributed by atoms with Crippen LogP contribution in [0.4, 0.5) is 18.9 Å². The molecule has 1 aromatic carbocycles. The van der Waals surface area contributed by atoms with Gasteiger partial charge in [-0.1, -0.05) is 0 Å². The van der Waals surface area contributed by atoms with Crippen LogP contribution >= 0.6 is 0 Å². The first-order valence-electron chi connectivity index (χ1n) is 9.48. The third-order valence-corrected chi connectivity index (χ3v) is 4.64. The average molecular weight is 450 g/mol. The van der Waals surface area contributed by atoms with E-state index in [1.54, 1.807) is 52.2 Å². The van der Waals surface area contributed by atoms with E-state index in [9.17, 15) is 22.8 Å². The van der Waals surface area contributed by atoms with E-state index in [2.05, 4.69) is 20.4 Å². The molecule has 12 heteroatoms. The van der Waals surface area contributed by atoms with Crippen LogP contribution in [-0.2, 0) is 22.2 Å². The number of nitrogens with zero attached hydrogens (tertiary/aromatic N) is 5. The predicted molar refractivity (Wildman–Crippen MR) is 108 cm³/mol. The maximum Gasteiger partial charge on any atom is 0.453 e. The standard InChI is InChI=1S/C20H21F3N6O3/c1-11-15(12(2)29-19(24-11)26-18(27-29)20(21,22)23)9-16(30)25-13-5-7-14(8-6-13)32-10-17(31)28(3)4/h5-8H,9-10H2,1-4H3,(H,25,30). The number of halogens is 3. The fraction of sp³-hybridized carbons (Fsp3) is 0.350. The van der Waals surface area contributed by atoms with Crippen LogP contribution in [0.3, 0.4) is 0 Å². The smallest absolute Gasteiger partial charge is 0.453 e. The second-order valence-electron chi connectivity index (χ2n) is 7.23. The number of fused-ring (bicyclic) bond motifs is 1. The highest BCUT2D eigenvalue weighted by atomic mass is 19.4. The normalized spacial score (nSPS) is 11.5. The van der Waals surface area contributed by atoms with Crippen molar-refractivity contribution in [2.75, 3.05) is 26.0 Å². The van der Waals surface area contributed by atoms with E-state index in [1.165, 1.54) is 4.90 Å². The van der Waals surface area contributed by atoms with E-state index in [-0.39, 0.29) is 30.6 Å². The lowest BCUT2D eigenvalue weighted by Gasteiger charge is -2.12. The lowest BCUT2D eigenvalue weighted by atomic mass is 10.1. The minimum absolute atomic E-state index is 0.106. The fourth-order valence-electron chi connectivity index (χ4n) is 2.86. The SMILES string of the molecule is Cc1nc2nc(C(F)(F)F)nn2c(C)c1CC(=O)Nc1ccc(OCC(=O)N(C)C)cc1. The highest BCUT2D eigenvalue weighted by Gasteiger charge is 2.37. The molecule has 0 unspecified atom stereocenters. The quantitative estimate of drug-likeness (QED) is 0.619. The molecule has 0 aliphatic rings. The summed E-state index contributed by atoms with van der Waals surface area (Å²) in [6.07, 6.45) is -4.81. The maximum atomic E-state index is 12.9. The van der Waals surface area contributed by atoms with Crippen LogP contribution in [0.15, 0.2) is 24.3 Å². The number of aryl methyl sites for hydroxylation is 2. The Bertz CT molecular complexity index is 1160. The molecule has 2 amide bonds. The Labute approximate surface area is 181 Å². The zero-order valence-corrected chi connectivity index (χ0v) is 17.8. The van der Waals surface area contributed by atoms with Crippen LogP contribution in [0.25, 0.3) is 5.78 Å². The highest BCUT2D eigenvalue weighted by Crippen LogP contribution is 2.27. The van der Waals surface area contributed by atoms with E-state index >= 15 is 0 Å². The molecule has 0 fully saturated rings. The molecule has 0 aliphatic carbocycles. The minimum atomic E-state index is -4.69. The van der Waals surface area contributed by atoms with Gasteiger partial charge in [0, 0.05) is 36.7 Å². The molecule has 170 valence electrons. The third-order valence-electron chi connectivity index (χ3n) is 4.64. The largest absolute Gasteiger partial charge is 0.484 e. The number of benzene rings is 1. The molecule has 0 saturated heterocycles. The number of hydrogen-bond donors (Lipinski definition) is 1. The molecule has 1 N–H and O–H groups in total. The van der Waals surface area contributed by atoms with Crippen molar-refractivity contribution in [1.29, 1.82) is 0 Å². The average Bonchev–Trinajstić information content (AvgIpc) is 3.15. The zero-order valence-electron chi connectivity index (χ0n) is 17.8. The van der Waals surface area contributed by atoms with Gasteiger partial charge in [-0.25, -0.2) is 9.50 Å². The molecule has 2 heterocycles. The van der Waals surface area contributed by atoms with Crippen LogP contribution in [-0.4, -0.2) is 57.0 Å². The van der Waals surface area contributed by atoms with E-state index in [0.29, 0.717) is 28.4 Å². The van der Waals surface area contributed by atoms with Crippen LogP contribution < -0.4 is 10.1 Å². The van der Waals surface area contributed by atoms with Crippen molar-refractivity contribution >= 4 is 23.3 Å². The van der Waals surface area contributed by atoms with Crippen molar-refractivity contribution in [3.8, 4) is 5.75 Å². The van der Waals surface area contributed by atoms with Gasteiger partial charge >= 0.3 is 6.18 Å². The lowest BCUT2D eigenvalue weighted by Crippen LogP contribution is -2.27. The highest BCUT2D eigenvalue weighted by molar-refractivity contribution is 5.92. The van der Waals surface area contributed by atoms with E-state index < -0.39 is 12.0 Å². The number of ether oxygens (including phenoxy) is 1. The van der Waals surface area contributed by atoms with Crippen molar-refractivity contribution in [1.82, 2.24) is 24.5 Å². The van der Waals surface area contributed by atoms with Gasteiger partial charge < -0.3 is 15.0 Å². The number of carbonyl (C=O) groups excluding carboxylic acids is 2. The van der Waals surface area contributed by atoms with Crippen molar-refractivity contribution in [3.05, 3.63) is 47.0 Å². The molecular weight excluding hydrogens is 429 g/mol. The molecule has 0 saturated carbocycles. The summed E-state index contributed by atoms with van der Waals surface area (Å²) in [6.45, 7) is 3.05. The van der Waals surface area contributed by atoms with Crippen molar-refractivity contribution in [3.63, 3.8) is 0 Å². The molecule has 0 aliphatic heterocycles. The number of nitrogens with one attached hydrogen (secondary N) is 1. The molecule has 3 aromatic rings. The van der Waals surface area contributed by atoms with Gasteiger partial charge in [-0.05, 0) is 38.1 Å². The molecule has 0 radical (unpaired) electrons. The topological polar surface area (TPSA) is 102 Å². The van der Waals surface area contributed by atoms with Gasteiger partial charge in [0.15, 0.2) is 6.61 Å². The lowest BCUT2D eigenvalue weighted by molar-refractivity contribution is -0.144. The summed E-state index contributed by atoms with van der Waals surface area (Å²) in [5.41, 5.74) is 1.68. The summed E-state index contributed by atoms with van der Waals surface area (Å²) in [5.74, 6) is -1.58. The van der Waals surface area contributed by atoms with Crippen molar-refractivity contribution in [2.45, 2.75) is 26.4 Å². The van der Waals surface area contributed by atoms with E-state index in [4.69, 9.17) is 4.74 Å². The molecule has 9 nitrogen and oxygen atoms in total. The van der Waals surface area contributed by atoms with Gasteiger partial charge in [0.05, 0.1) is 6.42 Å². The number of carbonyl (C=O) groups is 2. The number of amides is 2. The second kappa shape index (κ2) is 8.81. The van der Waals surface area contributed by atoms with Crippen LogP contribution in [0.5, 0.6) is 5.75 Å². The van der Waals surface area contributed by atoms with Gasteiger partial charge in [0.1, 0.15) is 5.75 Å². The fourth-order valence-corrected chi connectivity index (χ4v) is 2.86. The van der Waals surface area contributed by atoms with Crippen LogP contribution in [0.2, 0.25) is 0 Å². The van der Waals surface area contributed by atoms with Crippen molar-refractivity contribution in [2.24, 2.45) is 0 Å². The van der Waals surface area contributed by atoms with Gasteiger partial charge in [0.25, 0.3) is 17.5 Å². The summed E-state index contributed by atoms with van der Waals surface area (Å²) in [5, 5.41) is 6.18. The molecule has 3 rings (SSSR count). The Kier molecular flexibility index (Phi) is 6.32. The zero-order chi connectivity index (χ0) is 23.6. The summed E-state index contributed by atoms with van der Waals surface area (Å²) in [4.78, 5) is 33.0. The molecule has 32 heavy (non-hydrogen) atoms. The number of alkyl halides is 3. The summed E-state index contributed by atoms with van der Waals surface area (Å²) in [7, 11) is 3.25. The summed E-state index contributed by atoms with van der Waals surface area (Å²) >= 11 is 0. The Hall–Kier alpha value is -3.70. The number of aromatic nitrogens is 4. The molecule has 0 atom stereocenters. The summed E-state index contributed by atoms with van der Waals surface area (Å²) in [6, 6.07) is 6.44. The third kappa shape index (κ3) is 5.13. The number of anilines is 1.